The van der Waals surface area contributed by atoms with Gasteiger partial charge in [0.25, 0.3) is 0 Å². The largest absolute Gasteiger partial charge is 0.388 e. The lowest BCUT2D eigenvalue weighted by Crippen LogP contribution is -2.43. The van der Waals surface area contributed by atoms with Crippen molar-refractivity contribution < 1.29 is 27.8 Å². The molecular weight excluding hydrogens is 507 g/mol. The van der Waals surface area contributed by atoms with Crippen LogP contribution < -0.4 is 10.6 Å². The van der Waals surface area contributed by atoms with Gasteiger partial charge in [-0.25, -0.2) is 27.8 Å². The number of hydrogen-bond donors (Lipinski definition) is 4. The van der Waals surface area contributed by atoms with E-state index in [1.165, 1.54) is 13.2 Å². The standard InChI is InChI=1S/C22H21FN8O5S/c1-24-21(34)17-15(32)16(33)22(37(17,35)36)31-10-28-14-19(27-9-13-4-2-3-5-26-13)29-18(30-20(14)31)11-6-12(23)8-25-7-11/h2-8,10,15-17,22,32-33H,9H2,1H3,(H,24,34)(H,27,29,30)/t15-,16+,17-,22+/m0/s1. The molecule has 0 spiro atoms. The molecular formula is C22H21FN8O5S. The van der Waals surface area contributed by atoms with Crippen LogP contribution in [0.4, 0.5) is 10.2 Å². The summed E-state index contributed by atoms with van der Waals surface area (Å²) in [7, 11) is -3.23. The number of anilines is 1. The minimum atomic E-state index is -4.46. The summed E-state index contributed by atoms with van der Waals surface area (Å²) in [5.74, 6) is -1.42. The van der Waals surface area contributed by atoms with Crippen molar-refractivity contribution in [1.29, 1.82) is 0 Å². The lowest BCUT2D eigenvalue weighted by atomic mass is 10.1. The van der Waals surface area contributed by atoms with Gasteiger partial charge in [0.2, 0.25) is 5.91 Å². The molecule has 5 rings (SSSR count). The van der Waals surface area contributed by atoms with Crippen LogP contribution >= 0.6 is 0 Å². The van der Waals surface area contributed by atoms with Gasteiger partial charge < -0.3 is 20.8 Å². The number of pyridine rings is 2. The van der Waals surface area contributed by atoms with Gasteiger partial charge in [-0.3, -0.25) is 19.3 Å². The first-order valence-electron chi connectivity index (χ1n) is 11.0. The number of rotatable bonds is 6. The second-order valence-electron chi connectivity index (χ2n) is 8.28. The number of aliphatic hydroxyl groups excluding tert-OH is 2. The lowest BCUT2D eigenvalue weighted by Gasteiger charge is -2.17. The Hall–Kier alpha value is -4.08. The van der Waals surface area contributed by atoms with E-state index in [0.29, 0.717) is 5.69 Å². The van der Waals surface area contributed by atoms with Gasteiger partial charge in [0.1, 0.15) is 18.0 Å². The maximum atomic E-state index is 13.9. The zero-order valence-corrected chi connectivity index (χ0v) is 20.0. The number of halogens is 1. The van der Waals surface area contributed by atoms with E-state index in [1.54, 1.807) is 24.4 Å². The number of nitrogens with zero attached hydrogens (tertiary/aromatic N) is 6. The average Bonchev–Trinajstić information content (AvgIpc) is 3.37. The number of hydrogen-bond acceptors (Lipinski definition) is 11. The van der Waals surface area contributed by atoms with E-state index in [-0.39, 0.29) is 34.9 Å². The van der Waals surface area contributed by atoms with Crippen molar-refractivity contribution in [3.8, 4) is 11.4 Å². The molecule has 4 aromatic rings. The molecule has 0 aromatic carbocycles. The number of amides is 1. The molecule has 0 aliphatic carbocycles. The molecule has 1 saturated heterocycles. The third kappa shape index (κ3) is 4.26. The first-order chi connectivity index (χ1) is 17.7. The van der Waals surface area contributed by atoms with E-state index < -0.39 is 44.4 Å². The maximum Gasteiger partial charge on any atom is 0.240 e. The Bertz CT molecular complexity index is 1580. The van der Waals surface area contributed by atoms with E-state index in [4.69, 9.17) is 0 Å². The highest BCUT2D eigenvalue weighted by Gasteiger charge is 2.58. The average molecular weight is 529 g/mol. The van der Waals surface area contributed by atoms with Crippen molar-refractivity contribution >= 4 is 32.7 Å². The fourth-order valence-corrected chi connectivity index (χ4v) is 6.51. The van der Waals surface area contributed by atoms with Crippen molar-refractivity contribution in [3.05, 3.63) is 60.7 Å². The third-order valence-corrected chi connectivity index (χ3v) is 8.35. The first-order valence-corrected chi connectivity index (χ1v) is 12.6. The summed E-state index contributed by atoms with van der Waals surface area (Å²) < 4.78 is 41.6. The normalized spacial score (nSPS) is 22.7. The molecule has 0 saturated carbocycles. The number of carbonyl (C=O) groups is 1. The highest BCUT2D eigenvalue weighted by Crippen LogP contribution is 2.38. The number of nitrogens with one attached hydrogen (secondary N) is 2. The van der Waals surface area contributed by atoms with Gasteiger partial charge in [-0.15, -0.1) is 0 Å². The third-order valence-electron chi connectivity index (χ3n) is 5.97. The zero-order valence-electron chi connectivity index (χ0n) is 19.2. The molecule has 15 heteroatoms. The summed E-state index contributed by atoms with van der Waals surface area (Å²) in [5.41, 5.74) is 0.987. The van der Waals surface area contributed by atoms with Crippen molar-refractivity contribution in [2.24, 2.45) is 0 Å². The molecule has 4 aromatic heterocycles. The minimum absolute atomic E-state index is 0.00180. The summed E-state index contributed by atoms with van der Waals surface area (Å²) >= 11 is 0. The molecule has 0 radical (unpaired) electrons. The van der Waals surface area contributed by atoms with Gasteiger partial charge in [0, 0.05) is 25.0 Å². The fourth-order valence-electron chi connectivity index (χ4n) is 4.22. The number of aliphatic hydroxyl groups is 2. The molecule has 37 heavy (non-hydrogen) atoms. The number of sulfone groups is 1. The maximum absolute atomic E-state index is 13.9. The first kappa shape index (κ1) is 24.6. The Balaban J connectivity index is 1.66. The van der Waals surface area contributed by atoms with Crippen LogP contribution in [0.2, 0.25) is 0 Å². The van der Waals surface area contributed by atoms with E-state index in [1.807, 2.05) is 0 Å². The van der Waals surface area contributed by atoms with Crippen molar-refractivity contribution in [1.82, 2.24) is 34.8 Å². The van der Waals surface area contributed by atoms with E-state index in [2.05, 4.69) is 35.6 Å². The summed E-state index contributed by atoms with van der Waals surface area (Å²) in [6.07, 6.45) is 1.34. The highest BCUT2D eigenvalue weighted by atomic mass is 32.2. The van der Waals surface area contributed by atoms with Gasteiger partial charge in [-0.2, -0.15) is 0 Å². The molecule has 4 atom stereocenters. The predicted octanol–water partition coefficient (Wildman–Crippen LogP) is -0.202. The van der Waals surface area contributed by atoms with Gasteiger partial charge in [-0.05, 0) is 18.2 Å². The van der Waals surface area contributed by atoms with Gasteiger partial charge in [-0.1, -0.05) is 6.07 Å². The molecule has 13 nitrogen and oxygen atoms in total. The van der Waals surface area contributed by atoms with Crippen LogP contribution in [0, 0.1) is 5.82 Å². The monoisotopic (exact) mass is 528 g/mol. The summed E-state index contributed by atoms with van der Waals surface area (Å²) in [6.45, 7) is 0.225. The van der Waals surface area contributed by atoms with Gasteiger partial charge >= 0.3 is 0 Å². The van der Waals surface area contributed by atoms with Gasteiger partial charge in [0.05, 0.1) is 24.8 Å². The molecule has 192 valence electrons. The topological polar surface area (TPSA) is 185 Å². The zero-order chi connectivity index (χ0) is 26.3. The van der Waals surface area contributed by atoms with Crippen molar-refractivity contribution in [2.45, 2.75) is 29.4 Å². The van der Waals surface area contributed by atoms with E-state index in [0.717, 1.165) is 23.2 Å². The van der Waals surface area contributed by atoms with Crippen LogP contribution in [0.1, 0.15) is 11.1 Å². The molecule has 5 heterocycles. The Kier molecular flexibility index (Phi) is 6.26. The lowest BCUT2D eigenvalue weighted by molar-refractivity contribution is -0.123. The molecule has 1 aliphatic heterocycles. The number of aromatic nitrogens is 6. The Morgan fingerprint density at radius 3 is 2.68 bits per heavy atom. The summed E-state index contributed by atoms with van der Waals surface area (Å²) in [4.78, 5) is 33.4. The molecule has 4 N–H and O–H groups in total. The number of fused-ring (bicyclic) bond motifs is 1. The van der Waals surface area contributed by atoms with E-state index in [9.17, 15) is 27.8 Å². The Morgan fingerprint density at radius 1 is 1.16 bits per heavy atom. The highest BCUT2D eigenvalue weighted by molar-refractivity contribution is 7.93. The fraction of sp³-hybridized carbons (Fsp3) is 0.273. The quantitative estimate of drug-likeness (QED) is 0.260. The summed E-state index contributed by atoms with van der Waals surface area (Å²) in [5, 5.41) is 22.7. The summed E-state index contributed by atoms with van der Waals surface area (Å²) in [6, 6.07) is 6.50. The second kappa shape index (κ2) is 9.42. The SMILES string of the molecule is CNC(=O)[C@@H]1[C@@H](O)[C@@H](O)[C@H](n2cnc3c(NCc4ccccn4)nc(-c4cncc(F)c4)nc32)S1(=O)=O. The van der Waals surface area contributed by atoms with Crippen molar-refractivity contribution in [2.75, 3.05) is 12.4 Å². The van der Waals surface area contributed by atoms with Crippen LogP contribution in [0.15, 0.2) is 49.2 Å². The molecule has 1 amide bonds. The Morgan fingerprint density at radius 2 is 1.97 bits per heavy atom. The van der Waals surface area contributed by atoms with Crippen LogP contribution in [0.25, 0.3) is 22.6 Å². The minimum Gasteiger partial charge on any atom is -0.388 e. The smallest absolute Gasteiger partial charge is 0.240 e. The van der Waals surface area contributed by atoms with E-state index >= 15 is 0 Å². The van der Waals surface area contributed by atoms with Crippen LogP contribution in [0.3, 0.4) is 0 Å². The molecule has 0 bridgehead atoms. The number of imidazole rings is 1. The van der Waals surface area contributed by atoms with Crippen molar-refractivity contribution in [3.63, 3.8) is 0 Å². The van der Waals surface area contributed by atoms with Crippen LogP contribution in [-0.2, 0) is 21.2 Å². The van der Waals surface area contributed by atoms with Crippen LogP contribution in [-0.4, -0.2) is 78.5 Å². The Labute approximate surface area is 209 Å². The molecule has 0 unspecified atom stereocenters. The number of carbonyl (C=O) groups excluding carboxylic acids is 1. The van der Waals surface area contributed by atoms with Gasteiger partial charge in [0.15, 0.2) is 43.3 Å². The predicted molar refractivity (Wildman–Crippen MR) is 128 cm³/mol. The van der Waals surface area contributed by atoms with Crippen LogP contribution in [0.5, 0.6) is 0 Å². The second-order valence-corrected chi connectivity index (χ2v) is 10.5. The molecule has 1 aliphatic rings. The molecule has 1 fully saturated rings.